The van der Waals surface area contributed by atoms with Crippen LogP contribution in [0.1, 0.15) is 59.9 Å². The van der Waals surface area contributed by atoms with E-state index >= 15 is 0 Å². The first-order valence-corrected chi connectivity index (χ1v) is 23.8. The molecule has 2 spiro atoms. The van der Waals surface area contributed by atoms with Crippen molar-refractivity contribution in [3.05, 3.63) is 222 Å². The molecule has 15 rings (SSSR count). The number of hydrogen-bond acceptors (Lipinski definition) is 4. The van der Waals surface area contributed by atoms with E-state index in [1.54, 1.807) is 0 Å². The number of aromatic nitrogens is 3. The Morgan fingerprint density at radius 1 is 0.379 bits per heavy atom. The van der Waals surface area contributed by atoms with Gasteiger partial charge in [-0.05, 0) is 111 Å². The van der Waals surface area contributed by atoms with Crippen LogP contribution >= 0.6 is 0 Å². The minimum absolute atomic E-state index is 0.357. The van der Waals surface area contributed by atoms with Gasteiger partial charge in [0.2, 0.25) is 0 Å². The van der Waals surface area contributed by atoms with Crippen LogP contribution in [-0.2, 0) is 10.8 Å². The van der Waals surface area contributed by atoms with Crippen LogP contribution < -0.4 is 4.74 Å². The highest BCUT2D eigenvalue weighted by atomic mass is 16.5. The molecule has 6 aliphatic rings. The molecule has 9 aromatic rings. The Balaban J connectivity index is 0.825. The third-order valence-corrected chi connectivity index (χ3v) is 17.3. The number of fused-ring (bicyclic) bond motifs is 10. The molecule has 1 aromatic heterocycles. The fraction of sp³-hybridized carbons (Fsp3) is 0.177. The number of nitrogens with zero attached hydrogens (tertiary/aromatic N) is 3. The topological polar surface area (TPSA) is 47.9 Å². The van der Waals surface area contributed by atoms with Crippen LogP contribution in [0.4, 0.5) is 0 Å². The molecule has 4 fully saturated rings. The molecule has 314 valence electrons. The van der Waals surface area contributed by atoms with E-state index in [9.17, 15) is 0 Å². The molecule has 0 radical (unpaired) electrons. The summed E-state index contributed by atoms with van der Waals surface area (Å²) < 4.78 is 7.00. The first kappa shape index (κ1) is 36.9. The van der Waals surface area contributed by atoms with Crippen molar-refractivity contribution in [2.24, 2.45) is 23.2 Å². The molecule has 2 atom stereocenters. The lowest BCUT2D eigenvalue weighted by Crippen LogP contribution is -2.59. The molecule has 0 amide bonds. The number of rotatable bonds is 6. The first-order valence-electron chi connectivity index (χ1n) is 23.8. The van der Waals surface area contributed by atoms with E-state index in [-0.39, 0.29) is 0 Å². The van der Waals surface area contributed by atoms with E-state index < -0.39 is 5.41 Å². The van der Waals surface area contributed by atoms with Gasteiger partial charge in [0.05, 0.1) is 5.41 Å². The van der Waals surface area contributed by atoms with E-state index in [1.165, 1.54) is 71.0 Å². The summed E-state index contributed by atoms with van der Waals surface area (Å²) in [6, 6.07) is 70.1. The van der Waals surface area contributed by atoms with Crippen molar-refractivity contribution in [1.29, 1.82) is 0 Å². The summed E-state index contributed by atoms with van der Waals surface area (Å²) in [6.45, 7) is 0. The number of para-hydroxylation sites is 2. The van der Waals surface area contributed by atoms with Crippen LogP contribution in [0.2, 0.25) is 0 Å². The number of benzene rings is 8. The van der Waals surface area contributed by atoms with Gasteiger partial charge < -0.3 is 4.74 Å². The summed E-state index contributed by atoms with van der Waals surface area (Å²) in [5, 5.41) is 0. The normalized spacial score (nSPS) is 23.7. The van der Waals surface area contributed by atoms with Gasteiger partial charge in [-0.3, -0.25) is 0 Å². The SMILES string of the molecule is c1ccc(-c2ccc(-c3nc(-c4ccc(-c5cccc6c5Oc5ccccc5C65c6ccccc6-c6ccccc65)cc4)nc(-c4ccc(C56C[C@@H]7CC8C[C@@H](C5)C87C6)cc4)n3)cc2)cc1. The maximum atomic E-state index is 7.00. The van der Waals surface area contributed by atoms with Gasteiger partial charge in [0.15, 0.2) is 17.5 Å². The van der Waals surface area contributed by atoms with Crippen LogP contribution in [0.5, 0.6) is 11.5 Å². The molecular weight excluding hydrogens is 803 g/mol. The molecule has 66 heavy (non-hydrogen) atoms. The van der Waals surface area contributed by atoms with Crippen LogP contribution in [0.25, 0.3) is 67.5 Å². The van der Waals surface area contributed by atoms with E-state index in [0.29, 0.717) is 28.3 Å². The van der Waals surface area contributed by atoms with Gasteiger partial charge in [-0.15, -0.1) is 0 Å². The average molecular weight is 848 g/mol. The summed E-state index contributed by atoms with van der Waals surface area (Å²) in [5.74, 6) is 6.71. The van der Waals surface area contributed by atoms with Crippen molar-refractivity contribution in [1.82, 2.24) is 15.0 Å². The predicted molar refractivity (Wildman–Crippen MR) is 262 cm³/mol. The van der Waals surface area contributed by atoms with Crippen LogP contribution in [-0.4, -0.2) is 15.0 Å². The Labute approximate surface area is 385 Å². The second-order valence-corrected chi connectivity index (χ2v) is 20.1. The standard InChI is InChI=1S/C62H45N3O/c1-2-11-38(12-3-1)39-21-25-41(26-22-39)57-63-58(65-59(64-57)43-29-31-44(32-30-43)60-35-46-33-45-34-47(36-60)61(45,46)37-60)42-27-23-40(24-28-42)48-15-10-19-54-56(48)66-55-20-9-8-18-53(55)62(54)51-16-6-4-13-49(51)50-14-5-7-17-52(50)62/h1-32,45-47H,33-37H2/t45?,46-,47-,60?,61?/m0/s1. The molecule has 4 nitrogen and oxygen atoms in total. The Morgan fingerprint density at radius 2 is 0.848 bits per heavy atom. The van der Waals surface area contributed by atoms with E-state index in [2.05, 4.69) is 194 Å². The molecule has 4 heteroatoms. The Hall–Kier alpha value is -7.43. The summed E-state index contributed by atoms with van der Waals surface area (Å²) in [7, 11) is 0. The molecule has 4 saturated carbocycles. The van der Waals surface area contributed by atoms with Crippen molar-refractivity contribution in [2.75, 3.05) is 0 Å². The lowest BCUT2D eigenvalue weighted by molar-refractivity contribution is -0.175. The maximum Gasteiger partial charge on any atom is 0.164 e. The Morgan fingerprint density at radius 3 is 1.44 bits per heavy atom. The lowest BCUT2D eigenvalue weighted by atomic mass is 9.38. The zero-order valence-electron chi connectivity index (χ0n) is 36.5. The van der Waals surface area contributed by atoms with Crippen molar-refractivity contribution >= 4 is 0 Å². The molecule has 2 bridgehead atoms. The zero-order valence-corrected chi connectivity index (χ0v) is 36.5. The first-order chi connectivity index (χ1) is 32.6. The van der Waals surface area contributed by atoms with E-state index in [4.69, 9.17) is 19.7 Å². The second kappa shape index (κ2) is 13.3. The highest BCUT2D eigenvalue weighted by molar-refractivity contribution is 5.90. The van der Waals surface area contributed by atoms with Crippen molar-refractivity contribution in [3.63, 3.8) is 0 Å². The zero-order chi connectivity index (χ0) is 43.2. The minimum Gasteiger partial charge on any atom is -0.456 e. The van der Waals surface area contributed by atoms with Gasteiger partial charge in [-0.25, -0.2) is 15.0 Å². The summed E-state index contributed by atoms with van der Waals surface area (Å²) in [4.78, 5) is 15.6. The third kappa shape index (κ3) is 4.86. The molecule has 8 aromatic carbocycles. The molecule has 5 aliphatic carbocycles. The summed E-state index contributed by atoms with van der Waals surface area (Å²) in [6.07, 6.45) is 7.11. The second-order valence-electron chi connectivity index (χ2n) is 20.1. The van der Waals surface area contributed by atoms with Gasteiger partial charge in [-0.1, -0.05) is 188 Å². The molecule has 0 unspecified atom stereocenters. The molecule has 2 heterocycles. The maximum absolute atomic E-state index is 7.00. The van der Waals surface area contributed by atoms with Crippen molar-refractivity contribution in [3.8, 4) is 79.0 Å². The third-order valence-electron chi connectivity index (χ3n) is 17.3. The van der Waals surface area contributed by atoms with Gasteiger partial charge in [-0.2, -0.15) is 0 Å². The average Bonchev–Trinajstić information content (AvgIpc) is 3.99. The van der Waals surface area contributed by atoms with Gasteiger partial charge in [0.1, 0.15) is 11.5 Å². The van der Waals surface area contributed by atoms with E-state index in [0.717, 1.165) is 68.2 Å². The number of ether oxygens (including phenoxy) is 1. The Bertz CT molecular complexity index is 3390. The minimum atomic E-state index is -0.515. The number of hydrogen-bond donors (Lipinski definition) is 0. The molecule has 1 aliphatic heterocycles. The fourth-order valence-corrected chi connectivity index (χ4v) is 14.5. The van der Waals surface area contributed by atoms with Crippen LogP contribution in [0.15, 0.2) is 194 Å². The summed E-state index contributed by atoms with van der Waals surface area (Å²) in [5.41, 5.74) is 16.9. The van der Waals surface area contributed by atoms with Crippen LogP contribution in [0.3, 0.4) is 0 Å². The van der Waals surface area contributed by atoms with Crippen molar-refractivity contribution in [2.45, 2.75) is 42.9 Å². The van der Waals surface area contributed by atoms with Gasteiger partial charge in [0.25, 0.3) is 0 Å². The van der Waals surface area contributed by atoms with Gasteiger partial charge in [0, 0.05) is 33.4 Å². The molecule has 0 N–H and O–H groups in total. The quantitative estimate of drug-likeness (QED) is 0.167. The van der Waals surface area contributed by atoms with Crippen LogP contribution in [0, 0.1) is 23.2 Å². The molecule has 0 saturated heterocycles. The monoisotopic (exact) mass is 847 g/mol. The largest absolute Gasteiger partial charge is 0.456 e. The predicted octanol–water partition coefficient (Wildman–Crippen LogP) is 14.8. The highest BCUT2D eigenvalue weighted by Gasteiger charge is 2.77. The smallest absolute Gasteiger partial charge is 0.164 e. The molecular formula is C62H45N3O. The van der Waals surface area contributed by atoms with Gasteiger partial charge >= 0.3 is 0 Å². The lowest BCUT2D eigenvalue weighted by Gasteiger charge is -2.66. The van der Waals surface area contributed by atoms with Crippen molar-refractivity contribution < 1.29 is 4.74 Å². The fourth-order valence-electron chi connectivity index (χ4n) is 14.5. The summed E-state index contributed by atoms with van der Waals surface area (Å²) >= 11 is 0. The Kier molecular flexibility index (Phi) is 7.44. The van der Waals surface area contributed by atoms with E-state index in [1.807, 2.05) is 0 Å². The highest BCUT2D eigenvalue weighted by Crippen LogP contribution is 2.84.